The molecule has 132 valence electrons. The number of nitrogens with zero attached hydrogens (tertiary/aromatic N) is 2. The molecule has 2 aromatic heterocycles. The van der Waals surface area contributed by atoms with Crippen LogP contribution in [0.15, 0.2) is 36.7 Å². The predicted molar refractivity (Wildman–Crippen MR) is 106 cm³/mol. The number of ether oxygens (including phenoxy) is 1. The van der Waals surface area contributed by atoms with E-state index < -0.39 is 0 Å². The van der Waals surface area contributed by atoms with Crippen molar-refractivity contribution in [3.63, 3.8) is 0 Å². The molecular formula is C22H22N2O2. The smallest absolute Gasteiger partial charge is 0.308 e. The van der Waals surface area contributed by atoms with Gasteiger partial charge in [0.2, 0.25) is 0 Å². The Bertz CT molecular complexity index is 1190. The van der Waals surface area contributed by atoms with E-state index in [4.69, 9.17) is 4.74 Å². The van der Waals surface area contributed by atoms with Crippen molar-refractivity contribution >= 4 is 38.5 Å². The molecule has 0 spiro atoms. The van der Waals surface area contributed by atoms with Gasteiger partial charge in [-0.1, -0.05) is 0 Å². The highest BCUT2D eigenvalue weighted by Gasteiger charge is 2.20. The Morgan fingerprint density at radius 2 is 1.85 bits per heavy atom. The van der Waals surface area contributed by atoms with E-state index >= 15 is 0 Å². The molecule has 0 saturated carbocycles. The maximum Gasteiger partial charge on any atom is 0.308 e. The molecule has 2 heterocycles. The van der Waals surface area contributed by atoms with Crippen molar-refractivity contribution in [3.8, 4) is 5.75 Å². The van der Waals surface area contributed by atoms with Gasteiger partial charge < -0.3 is 9.30 Å². The van der Waals surface area contributed by atoms with Gasteiger partial charge in [-0.3, -0.25) is 9.78 Å². The fourth-order valence-corrected chi connectivity index (χ4v) is 4.09. The molecule has 4 aromatic rings. The molecule has 0 aliphatic heterocycles. The summed E-state index contributed by atoms with van der Waals surface area (Å²) in [6.45, 7) is 10.1. The van der Waals surface area contributed by atoms with Gasteiger partial charge in [0.15, 0.2) is 0 Å². The summed E-state index contributed by atoms with van der Waals surface area (Å²) in [7, 11) is 0. The van der Waals surface area contributed by atoms with E-state index in [1.165, 1.54) is 34.3 Å². The van der Waals surface area contributed by atoms with Crippen LogP contribution in [-0.2, 0) is 4.79 Å². The molecule has 0 amide bonds. The zero-order valence-electron chi connectivity index (χ0n) is 15.8. The van der Waals surface area contributed by atoms with Crippen molar-refractivity contribution in [2.75, 3.05) is 0 Å². The van der Waals surface area contributed by atoms with E-state index in [0.29, 0.717) is 11.8 Å². The topological polar surface area (TPSA) is 44.1 Å². The van der Waals surface area contributed by atoms with Crippen LogP contribution in [0.3, 0.4) is 0 Å². The number of hydrogen-bond donors (Lipinski definition) is 0. The lowest BCUT2D eigenvalue weighted by molar-refractivity contribution is -0.131. The molecule has 0 fully saturated rings. The Hall–Kier alpha value is -2.88. The van der Waals surface area contributed by atoms with Crippen LogP contribution in [0.4, 0.5) is 0 Å². The van der Waals surface area contributed by atoms with Crippen molar-refractivity contribution in [1.29, 1.82) is 0 Å². The zero-order valence-corrected chi connectivity index (χ0v) is 15.8. The van der Waals surface area contributed by atoms with Crippen LogP contribution < -0.4 is 4.74 Å². The summed E-state index contributed by atoms with van der Waals surface area (Å²) in [5.74, 6) is 0.274. The first kappa shape index (κ1) is 16.6. The monoisotopic (exact) mass is 346 g/mol. The van der Waals surface area contributed by atoms with Crippen LogP contribution in [0.2, 0.25) is 0 Å². The summed E-state index contributed by atoms with van der Waals surface area (Å²) in [5.41, 5.74) is 4.85. The van der Waals surface area contributed by atoms with Crippen LogP contribution in [-0.4, -0.2) is 15.5 Å². The summed E-state index contributed by atoms with van der Waals surface area (Å²) in [6, 6.07) is 8.30. The van der Waals surface area contributed by atoms with E-state index in [1.54, 1.807) is 0 Å². The molecule has 26 heavy (non-hydrogen) atoms. The van der Waals surface area contributed by atoms with E-state index in [-0.39, 0.29) is 5.97 Å². The minimum absolute atomic E-state index is 0.306. The second kappa shape index (κ2) is 5.84. The third-order valence-electron chi connectivity index (χ3n) is 5.11. The Kier molecular flexibility index (Phi) is 3.72. The molecule has 0 aliphatic rings. The van der Waals surface area contributed by atoms with Gasteiger partial charge in [0.25, 0.3) is 0 Å². The number of pyridine rings is 1. The van der Waals surface area contributed by atoms with Crippen molar-refractivity contribution in [3.05, 3.63) is 47.8 Å². The minimum Gasteiger partial charge on any atom is -0.427 e. The van der Waals surface area contributed by atoms with Crippen molar-refractivity contribution in [1.82, 2.24) is 9.55 Å². The van der Waals surface area contributed by atoms with Crippen molar-refractivity contribution < 1.29 is 9.53 Å². The highest BCUT2D eigenvalue weighted by molar-refractivity contribution is 6.17. The molecule has 4 nitrogen and oxygen atoms in total. The summed E-state index contributed by atoms with van der Waals surface area (Å²) < 4.78 is 7.72. The molecule has 4 rings (SSSR count). The number of rotatable bonds is 2. The van der Waals surface area contributed by atoms with E-state index in [2.05, 4.69) is 49.4 Å². The number of benzene rings is 2. The quantitative estimate of drug-likeness (QED) is 0.357. The fraction of sp³-hybridized carbons (Fsp3) is 0.273. The third-order valence-corrected chi connectivity index (χ3v) is 5.11. The Labute approximate surface area is 152 Å². The van der Waals surface area contributed by atoms with E-state index in [0.717, 1.165) is 16.3 Å². The second-order valence-electron chi connectivity index (χ2n) is 7.13. The van der Waals surface area contributed by atoms with Gasteiger partial charge in [-0.25, -0.2) is 0 Å². The molecule has 0 bridgehead atoms. The summed E-state index contributed by atoms with van der Waals surface area (Å²) in [5, 5.41) is 4.72. The minimum atomic E-state index is -0.306. The van der Waals surface area contributed by atoms with Crippen LogP contribution in [0.25, 0.3) is 32.6 Å². The SMILES string of the molecule is CC(=O)Oc1ccc2c(c1)c1c(C)c3cnccc3c(C)c1n2C(C)C. The van der Waals surface area contributed by atoms with Gasteiger partial charge in [0.1, 0.15) is 5.75 Å². The number of carbonyl (C=O) groups excluding carboxylic acids is 1. The van der Waals surface area contributed by atoms with Crippen LogP contribution in [0.1, 0.15) is 37.9 Å². The largest absolute Gasteiger partial charge is 0.427 e. The average molecular weight is 346 g/mol. The average Bonchev–Trinajstić information content (AvgIpc) is 2.94. The summed E-state index contributed by atoms with van der Waals surface area (Å²) in [4.78, 5) is 15.7. The maximum absolute atomic E-state index is 11.4. The third kappa shape index (κ3) is 2.29. The number of hydrogen-bond acceptors (Lipinski definition) is 3. The maximum atomic E-state index is 11.4. The lowest BCUT2D eigenvalue weighted by atomic mass is 9.97. The van der Waals surface area contributed by atoms with Gasteiger partial charge in [0.05, 0.1) is 5.52 Å². The lowest BCUT2D eigenvalue weighted by Gasteiger charge is -2.15. The Balaban J connectivity index is 2.25. The Morgan fingerprint density at radius 1 is 1.08 bits per heavy atom. The number of carbonyl (C=O) groups is 1. The molecule has 0 unspecified atom stereocenters. The van der Waals surface area contributed by atoms with E-state index in [9.17, 15) is 4.79 Å². The predicted octanol–water partition coefficient (Wildman–Crippen LogP) is 5.47. The van der Waals surface area contributed by atoms with Crippen molar-refractivity contribution in [2.24, 2.45) is 0 Å². The van der Waals surface area contributed by atoms with Gasteiger partial charge in [-0.05, 0) is 68.5 Å². The standard InChI is InChI=1S/C22H22N2O2/c1-12(2)24-20-7-6-16(26-15(5)25)10-18(20)21-13(3)19-11-23-9-8-17(19)14(4)22(21)24/h6-12H,1-5H3. The second-order valence-corrected chi connectivity index (χ2v) is 7.13. The lowest BCUT2D eigenvalue weighted by Crippen LogP contribution is -2.02. The fourth-order valence-electron chi connectivity index (χ4n) is 4.09. The summed E-state index contributed by atoms with van der Waals surface area (Å²) >= 11 is 0. The van der Waals surface area contributed by atoms with Gasteiger partial charge in [-0.15, -0.1) is 0 Å². The normalized spacial score (nSPS) is 11.8. The van der Waals surface area contributed by atoms with Gasteiger partial charge in [-0.2, -0.15) is 0 Å². The van der Waals surface area contributed by atoms with Crippen molar-refractivity contribution in [2.45, 2.75) is 40.7 Å². The first-order chi connectivity index (χ1) is 12.4. The zero-order chi connectivity index (χ0) is 18.6. The van der Waals surface area contributed by atoms with Crippen LogP contribution in [0.5, 0.6) is 5.75 Å². The molecule has 0 N–H and O–H groups in total. The number of fused-ring (bicyclic) bond motifs is 4. The molecule has 0 aliphatic carbocycles. The van der Waals surface area contributed by atoms with Gasteiger partial charge >= 0.3 is 5.97 Å². The Morgan fingerprint density at radius 3 is 2.54 bits per heavy atom. The molecule has 4 heteroatoms. The number of aromatic nitrogens is 2. The molecule has 0 saturated heterocycles. The molecule has 0 atom stereocenters. The van der Waals surface area contributed by atoms with Crippen LogP contribution >= 0.6 is 0 Å². The first-order valence-electron chi connectivity index (χ1n) is 8.89. The molecule has 2 aromatic carbocycles. The van der Waals surface area contributed by atoms with Gasteiger partial charge in [0, 0.05) is 47.0 Å². The molecular weight excluding hydrogens is 324 g/mol. The highest BCUT2D eigenvalue weighted by atomic mass is 16.5. The molecule has 0 radical (unpaired) electrons. The van der Waals surface area contributed by atoms with Crippen LogP contribution in [0, 0.1) is 13.8 Å². The number of aryl methyl sites for hydroxylation is 2. The highest BCUT2D eigenvalue weighted by Crippen LogP contribution is 2.41. The van der Waals surface area contributed by atoms with E-state index in [1.807, 2.05) is 24.5 Å². The number of esters is 1. The summed E-state index contributed by atoms with van der Waals surface area (Å²) in [6.07, 6.45) is 3.79. The first-order valence-corrected chi connectivity index (χ1v) is 8.89.